The minimum absolute atomic E-state index is 0. The molecule has 0 radical (unpaired) electrons. The number of hydrogen-bond donors (Lipinski definition) is 3. The second kappa shape index (κ2) is 11.0. The highest BCUT2D eigenvalue weighted by Crippen LogP contribution is 2.28. The van der Waals surface area contributed by atoms with Crippen molar-refractivity contribution in [1.82, 2.24) is 10.6 Å². The van der Waals surface area contributed by atoms with Crippen molar-refractivity contribution in [2.45, 2.75) is 51.4 Å². The monoisotopic (exact) mass is 515 g/mol. The van der Waals surface area contributed by atoms with Gasteiger partial charge in [-0.3, -0.25) is 0 Å². The predicted octanol–water partition coefficient (Wildman–Crippen LogP) is 4.26. The normalized spacial score (nSPS) is 16.5. The number of thiophene rings is 1. The summed E-state index contributed by atoms with van der Waals surface area (Å²) in [5.41, 5.74) is 1.04. The van der Waals surface area contributed by atoms with Gasteiger partial charge in [0.2, 0.25) is 0 Å². The molecule has 1 aromatic heterocycles. The molecule has 1 fully saturated rings. The Morgan fingerprint density at radius 1 is 1.29 bits per heavy atom. The van der Waals surface area contributed by atoms with Gasteiger partial charge in [0, 0.05) is 12.1 Å². The molecule has 1 unspecified atom stereocenters. The molecule has 1 aromatic carbocycles. The molecule has 0 bridgehead atoms. The van der Waals surface area contributed by atoms with Gasteiger partial charge in [0.25, 0.3) is 0 Å². The van der Waals surface area contributed by atoms with Gasteiger partial charge in [0.15, 0.2) is 5.96 Å². The lowest BCUT2D eigenvalue weighted by Gasteiger charge is -2.27. The van der Waals surface area contributed by atoms with Crippen molar-refractivity contribution in [2.75, 3.05) is 13.1 Å². The zero-order chi connectivity index (χ0) is 19.1. The number of para-hydroxylation sites is 1. The Morgan fingerprint density at radius 3 is 2.71 bits per heavy atom. The molecule has 0 amide bonds. The van der Waals surface area contributed by atoms with Crippen molar-refractivity contribution in [3.63, 3.8) is 0 Å². The summed E-state index contributed by atoms with van der Waals surface area (Å²) in [4.78, 5) is 4.69. The van der Waals surface area contributed by atoms with Crippen LogP contribution in [-0.2, 0) is 12.1 Å². The molecule has 1 aliphatic rings. The minimum Gasteiger partial charge on any atom is -0.490 e. The van der Waals surface area contributed by atoms with E-state index in [4.69, 9.17) is 4.74 Å². The fourth-order valence-electron chi connectivity index (χ4n) is 2.85. The highest BCUT2D eigenvalue weighted by Gasteiger charge is 2.24. The second-order valence-electron chi connectivity index (χ2n) is 7.11. The molecule has 7 heteroatoms. The largest absolute Gasteiger partial charge is 0.490 e. The van der Waals surface area contributed by atoms with Gasteiger partial charge in [-0.25, -0.2) is 4.99 Å². The van der Waals surface area contributed by atoms with Gasteiger partial charge in [-0.2, -0.15) is 11.3 Å². The quantitative estimate of drug-likeness (QED) is 0.279. The number of halogens is 1. The summed E-state index contributed by atoms with van der Waals surface area (Å²) in [7, 11) is 0. The van der Waals surface area contributed by atoms with Crippen LogP contribution in [0.15, 0.2) is 46.1 Å². The van der Waals surface area contributed by atoms with Gasteiger partial charge in [-0.05, 0) is 61.6 Å². The minimum atomic E-state index is -0.943. The number of nitrogens with zero attached hydrogens (tertiary/aromatic N) is 1. The van der Waals surface area contributed by atoms with Crippen LogP contribution in [0.1, 0.15) is 44.2 Å². The molecule has 0 spiro atoms. The predicted molar refractivity (Wildman–Crippen MR) is 127 cm³/mol. The summed E-state index contributed by atoms with van der Waals surface area (Å²) in [5.74, 6) is 1.61. The molecular weight excluding hydrogens is 485 g/mol. The average molecular weight is 515 g/mol. The SMILES string of the molecule is CCNC(=NCc1ccccc1OC1CCC1)NCC(C)(O)c1ccsc1.I. The summed E-state index contributed by atoms with van der Waals surface area (Å²) in [5, 5.41) is 21.1. The summed E-state index contributed by atoms with van der Waals surface area (Å²) < 4.78 is 6.09. The van der Waals surface area contributed by atoms with E-state index in [1.165, 1.54) is 6.42 Å². The average Bonchev–Trinajstić information content (AvgIpc) is 3.17. The van der Waals surface area contributed by atoms with Crippen LogP contribution in [0.4, 0.5) is 0 Å². The van der Waals surface area contributed by atoms with Crippen LogP contribution < -0.4 is 15.4 Å². The maximum atomic E-state index is 10.7. The summed E-state index contributed by atoms with van der Waals surface area (Å²) in [6, 6.07) is 10.0. The van der Waals surface area contributed by atoms with Crippen molar-refractivity contribution >= 4 is 41.3 Å². The Kier molecular flexibility index (Phi) is 9.04. The van der Waals surface area contributed by atoms with Crippen molar-refractivity contribution < 1.29 is 9.84 Å². The molecule has 154 valence electrons. The Hall–Kier alpha value is -1.32. The van der Waals surface area contributed by atoms with Crippen LogP contribution in [0.25, 0.3) is 0 Å². The molecule has 1 heterocycles. The number of hydrogen-bond acceptors (Lipinski definition) is 4. The third-order valence-corrected chi connectivity index (χ3v) is 5.50. The number of rotatable bonds is 8. The molecular formula is C21H30IN3O2S. The van der Waals surface area contributed by atoms with Crippen LogP contribution in [-0.4, -0.2) is 30.3 Å². The standard InChI is InChI=1S/C21H29N3O2S.HI/c1-3-22-20(24-15-21(2,25)17-11-12-27-14-17)23-13-16-7-4-5-10-19(16)26-18-8-6-9-18;/h4-5,7,10-12,14,18,25H,3,6,8-9,13,15H2,1-2H3,(H2,22,23,24);1H. The lowest BCUT2D eigenvalue weighted by Crippen LogP contribution is -2.44. The molecule has 5 nitrogen and oxygen atoms in total. The van der Waals surface area contributed by atoms with E-state index in [-0.39, 0.29) is 24.0 Å². The first-order valence-electron chi connectivity index (χ1n) is 9.60. The third-order valence-electron chi connectivity index (χ3n) is 4.81. The molecule has 2 aromatic rings. The summed E-state index contributed by atoms with van der Waals surface area (Å²) >= 11 is 1.58. The summed E-state index contributed by atoms with van der Waals surface area (Å²) in [6.07, 6.45) is 3.88. The molecule has 1 saturated carbocycles. The van der Waals surface area contributed by atoms with Gasteiger partial charge in [-0.15, -0.1) is 24.0 Å². The number of aliphatic hydroxyl groups is 1. The fourth-order valence-corrected chi connectivity index (χ4v) is 3.64. The zero-order valence-corrected chi connectivity index (χ0v) is 19.6. The van der Waals surface area contributed by atoms with Crippen molar-refractivity contribution in [1.29, 1.82) is 0 Å². The number of guanidine groups is 1. The van der Waals surface area contributed by atoms with E-state index in [0.29, 0.717) is 25.2 Å². The van der Waals surface area contributed by atoms with Gasteiger partial charge >= 0.3 is 0 Å². The first-order chi connectivity index (χ1) is 13.1. The van der Waals surface area contributed by atoms with Crippen molar-refractivity contribution in [3.05, 3.63) is 52.2 Å². The molecule has 0 aliphatic heterocycles. The molecule has 28 heavy (non-hydrogen) atoms. The van der Waals surface area contributed by atoms with E-state index in [1.807, 2.05) is 48.9 Å². The molecule has 3 N–H and O–H groups in total. The van der Waals surface area contributed by atoms with Crippen LogP contribution in [0, 0.1) is 0 Å². The van der Waals surface area contributed by atoms with Crippen LogP contribution in [0.5, 0.6) is 5.75 Å². The van der Waals surface area contributed by atoms with Gasteiger partial charge in [0.05, 0.1) is 19.2 Å². The smallest absolute Gasteiger partial charge is 0.191 e. The van der Waals surface area contributed by atoms with E-state index in [2.05, 4.69) is 21.7 Å². The highest BCUT2D eigenvalue weighted by molar-refractivity contribution is 14.0. The van der Waals surface area contributed by atoms with E-state index in [9.17, 15) is 5.11 Å². The molecule has 1 atom stereocenters. The van der Waals surface area contributed by atoms with Gasteiger partial charge in [0.1, 0.15) is 11.4 Å². The second-order valence-corrected chi connectivity index (χ2v) is 7.89. The Morgan fingerprint density at radius 2 is 2.07 bits per heavy atom. The van der Waals surface area contributed by atoms with Crippen molar-refractivity contribution in [2.24, 2.45) is 4.99 Å². The first-order valence-corrected chi connectivity index (χ1v) is 10.5. The van der Waals surface area contributed by atoms with Crippen LogP contribution >= 0.6 is 35.3 Å². The van der Waals surface area contributed by atoms with Crippen LogP contribution in [0.3, 0.4) is 0 Å². The summed E-state index contributed by atoms with van der Waals surface area (Å²) in [6.45, 7) is 5.51. The van der Waals surface area contributed by atoms with E-state index < -0.39 is 5.60 Å². The van der Waals surface area contributed by atoms with Gasteiger partial charge < -0.3 is 20.5 Å². The number of aliphatic imine (C=N–C) groups is 1. The topological polar surface area (TPSA) is 65.9 Å². The molecule has 3 rings (SSSR count). The maximum absolute atomic E-state index is 10.7. The van der Waals surface area contributed by atoms with E-state index >= 15 is 0 Å². The van der Waals surface area contributed by atoms with Crippen LogP contribution in [0.2, 0.25) is 0 Å². The Labute approximate surface area is 188 Å². The maximum Gasteiger partial charge on any atom is 0.191 e. The lowest BCUT2D eigenvalue weighted by molar-refractivity contribution is 0.0621. The first kappa shape index (κ1) is 23.0. The number of nitrogens with one attached hydrogen (secondary N) is 2. The lowest BCUT2D eigenvalue weighted by atomic mass is 9.96. The van der Waals surface area contributed by atoms with Gasteiger partial charge in [-0.1, -0.05) is 18.2 Å². The highest BCUT2D eigenvalue weighted by atomic mass is 127. The zero-order valence-electron chi connectivity index (χ0n) is 16.5. The Balaban J connectivity index is 0.00000280. The number of ether oxygens (including phenoxy) is 1. The third kappa shape index (κ3) is 6.35. The number of benzene rings is 1. The molecule has 0 saturated heterocycles. The molecule has 1 aliphatic carbocycles. The fraction of sp³-hybridized carbons (Fsp3) is 0.476. The Bertz CT molecular complexity index is 746. The van der Waals surface area contributed by atoms with E-state index in [1.54, 1.807) is 11.3 Å². The van der Waals surface area contributed by atoms with Crippen molar-refractivity contribution in [3.8, 4) is 5.75 Å². The van der Waals surface area contributed by atoms with E-state index in [0.717, 1.165) is 36.3 Å².